The van der Waals surface area contributed by atoms with Gasteiger partial charge in [0, 0.05) is 23.2 Å². The first kappa shape index (κ1) is 14.5. The number of aromatic nitrogens is 1. The van der Waals surface area contributed by atoms with Crippen molar-refractivity contribution in [3.63, 3.8) is 0 Å². The second-order valence-corrected chi connectivity index (χ2v) is 5.66. The lowest BCUT2D eigenvalue weighted by molar-refractivity contribution is 0.0950. The van der Waals surface area contributed by atoms with E-state index >= 15 is 0 Å². The monoisotopic (exact) mass is 289 g/mol. The van der Waals surface area contributed by atoms with E-state index in [9.17, 15) is 4.79 Å². The Bertz CT molecular complexity index is 607. The number of carbonyl (C=O) groups is 1. The second kappa shape index (κ2) is 6.52. The number of amides is 1. The Kier molecular flexibility index (Phi) is 4.74. The molecule has 0 bridgehead atoms. The largest absolute Gasteiger partial charge is 0.385 e. The number of rotatable bonds is 5. The molecule has 1 aromatic heterocycles. The third-order valence-electron chi connectivity index (χ3n) is 2.95. The molecule has 1 aromatic carbocycles. The van der Waals surface area contributed by atoms with E-state index in [2.05, 4.69) is 22.5 Å². The van der Waals surface area contributed by atoms with Crippen LogP contribution in [-0.4, -0.2) is 17.4 Å². The fraction of sp³-hybridized carbons (Fsp3) is 0.333. The van der Waals surface area contributed by atoms with E-state index in [1.54, 1.807) is 11.3 Å². The minimum Gasteiger partial charge on any atom is -0.385 e. The fourth-order valence-corrected chi connectivity index (χ4v) is 2.57. The van der Waals surface area contributed by atoms with Crippen LogP contribution in [0.2, 0.25) is 0 Å². The van der Waals surface area contributed by atoms with E-state index in [0.29, 0.717) is 12.1 Å². The van der Waals surface area contributed by atoms with Crippen molar-refractivity contribution in [2.75, 3.05) is 11.9 Å². The van der Waals surface area contributed by atoms with Crippen LogP contribution in [0.25, 0.3) is 0 Å². The van der Waals surface area contributed by atoms with Crippen molar-refractivity contribution in [1.29, 1.82) is 0 Å². The molecule has 0 aliphatic heterocycles. The topological polar surface area (TPSA) is 54.0 Å². The Labute approximate surface area is 123 Å². The van der Waals surface area contributed by atoms with Crippen molar-refractivity contribution < 1.29 is 4.79 Å². The predicted octanol–water partition coefficient (Wildman–Crippen LogP) is 3.12. The van der Waals surface area contributed by atoms with Crippen molar-refractivity contribution in [3.8, 4) is 0 Å². The van der Waals surface area contributed by atoms with Gasteiger partial charge in [-0.05, 0) is 44.5 Å². The molecule has 0 saturated heterocycles. The number of thiazole rings is 1. The first-order chi connectivity index (χ1) is 9.60. The predicted molar refractivity (Wildman–Crippen MR) is 83.4 cm³/mol. The number of aryl methyl sites for hydroxylation is 2. The molecule has 1 heterocycles. The molecule has 0 unspecified atom stereocenters. The Balaban J connectivity index is 2.00. The Morgan fingerprint density at radius 3 is 2.75 bits per heavy atom. The van der Waals surface area contributed by atoms with Gasteiger partial charge in [0.2, 0.25) is 0 Å². The van der Waals surface area contributed by atoms with Crippen LogP contribution in [0.5, 0.6) is 0 Å². The Morgan fingerprint density at radius 1 is 1.35 bits per heavy atom. The van der Waals surface area contributed by atoms with Crippen molar-refractivity contribution >= 4 is 22.9 Å². The molecule has 5 heteroatoms. The zero-order valence-electron chi connectivity index (χ0n) is 12.0. The van der Waals surface area contributed by atoms with Crippen molar-refractivity contribution in [2.45, 2.75) is 27.3 Å². The van der Waals surface area contributed by atoms with Crippen LogP contribution in [0.4, 0.5) is 5.69 Å². The maximum atomic E-state index is 12.1. The lowest BCUT2D eigenvalue weighted by Crippen LogP contribution is -2.23. The van der Waals surface area contributed by atoms with Gasteiger partial charge in [-0.1, -0.05) is 0 Å². The van der Waals surface area contributed by atoms with Gasteiger partial charge in [0.05, 0.1) is 17.2 Å². The summed E-state index contributed by atoms with van der Waals surface area (Å²) in [6, 6.07) is 5.69. The number of hydrogen-bond acceptors (Lipinski definition) is 4. The van der Waals surface area contributed by atoms with Gasteiger partial charge in [-0.2, -0.15) is 0 Å². The molecule has 0 saturated carbocycles. The summed E-state index contributed by atoms with van der Waals surface area (Å²) in [4.78, 5) is 16.4. The molecule has 4 nitrogen and oxygen atoms in total. The first-order valence-corrected chi connectivity index (χ1v) is 7.52. The number of anilines is 1. The second-order valence-electron chi connectivity index (χ2n) is 4.60. The molecule has 0 aliphatic rings. The van der Waals surface area contributed by atoms with Crippen LogP contribution in [0.1, 0.15) is 33.5 Å². The van der Waals surface area contributed by atoms with Gasteiger partial charge >= 0.3 is 0 Å². The normalized spacial score (nSPS) is 10.3. The summed E-state index contributed by atoms with van der Waals surface area (Å²) in [7, 11) is 0. The maximum Gasteiger partial charge on any atom is 0.251 e. The van der Waals surface area contributed by atoms with E-state index in [1.165, 1.54) is 0 Å². The van der Waals surface area contributed by atoms with E-state index in [-0.39, 0.29) is 5.91 Å². The number of hydrogen-bond donors (Lipinski definition) is 2. The molecule has 0 radical (unpaired) electrons. The average Bonchev–Trinajstić information content (AvgIpc) is 2.84. The number of carbonyl (C=O) groups excluding carboxylic acids is 1. The molecule has 2 rings (SSSR count). The molecular formula is C15H19N3OS. The minimum absolute atomic E-state index is 0.0678. The van der Waals surface area contributed by atoms with Crippen molar-refractivity contribution in [1.82, 2.24) is 10.3 Å². The summed E-state index contributed by atoms with van der Waals surface area (Å²) in [5, 5.41) is 9.14. The van der Waals surface area contributed by atoms with Gasteiger partial charge < -0.3 is 10.6 Å². The number of nitrogens with one attached hydrogen (secondary N) is 2. The highest BCUT2D eigenvalue weighted by Gasteiger charge is 2.08. The summed E-state index contributed by atoms with van der Waals surface area (Å²) < 4.78 is 0. The van der Waals surface area contributed by atoms with E-state index in [1.807, 2.05) is 37.4 Å². The van der Waals surface area contributed by atoms with Gasteiger partial charge in [0.25, 0.3) is 5.91 Å². The van der Waals surface area contributed by atoms with Crippen LogP contribution in [0.15, 0.2) is 23.6 Å². The van der Waals surface area contributed by atoms with Gasteiger partial charge in [0.1, 0.15) is 0 Å². The molecule has 0 fully saturated rings. The van der Waals surface area contributed by atoms with E-state index in [4.69, 9.17) is 0 Å². The lowest BCUT2D eigenvalue weighted by atomic mass is 10.1. The third-order valence-corrected chi connectivity index (χ3v) is 3.77. The Hall–Kier alpha value is -1.88. The van der Waals surface area contributed by atoms with Crippen LogP contribution >= 0.6 is 11.3 Å². The standard InChI is InChI=1S/C15H19N3OS/c1-4-16-14-6-5-12(7-10(14)2)15(19)17-8-13-9-20-11(3)18-13/h5-7,9,16H,4,8H2,1-3H3,(H,17,19). The molecule has 0 spiro atoms. The number of nitrogens with zero attached hydrogens (tertiary/aromatic N) is 1. The van der Waals surface area contributed by atoms with Crippen LogP contribution in [0, 0.1) is 13.8 Å². The van der Waals surface area contributed by atoms with Crippen molar-refractivity contribution in [2.24, 2.45) is 0 Å². The smallest absolute Gasteiger partial charge is 0.251 e. The molecule has 0 aliphatic carbocycles. The maximum absolute atomic E-state index is 12.1. The van der Waals surface area contributed by atoms with Gasteiger partial charge in [-0.3, -0.25) is 4.79 Å². The summed E-state index contributed by atoms with van der Waals surface area (Å²) in [6.07, 6.45) is 0. The van der Waals surface area contributed by atoms with Crippen LogP contribution in [0.3, 0.4) is 0 Å². The zero-order valence-corrected chi connectivity index (χ0v) is 12.8. The van der Waals surface area contributed by atoms with Crippen LogP contribution in [-0.2, 0) is 6.54 Å². The molecule has 2 N–H and O–H groups in total. The summed E-state index contributed by atoms with van der Waals surface area (Å²) in [6.45, 7) is 7.35. The highest BCUT2D eigenvalue weighted by molar-refractivity contribution is 7.09. The highest BCUT2D eigenvalue weighted by Crippen LogP contribution is 2.16. The number of benzene rings is 1. The van der Waals surface area contributed by atoms with Crippen LogP contribution < -0.4 is 10.6 Å². The van der Waals surface area contributed by atoms with Crippen molar-refractivity contribution in [3.05, 3.63) is 45.4 Å². The highest BCUT2D eigenvalue weighted by atomic mass is 32.1. The lowest BCUT2D eigenvalue weighted by Gasteiger charge is -2.09. The zero-order chi connectivity index (χ0) is 14.5. The molecular weight excluding hydrogens is 270 g/mol. The molecule has 20 heavy (non-hydrogen) atoms. The van der Waals surface area contributed by atoms with E-state index in [0.717, 1.165) is 28.5 Å². The SMILES string of the molecule is CCNc1ccc(C(=O)NCc2csc(C)n2)cc1C. The first-order valence-electron chi connectivity index (χ1n) is 6.64. The molecule has 2 aromatic rings. The van der Waals surface area contributed by atoms with Gasteiger partial charge in [-0.15, -0.1) is 11.3 Å². The summed E-state index contributed by atoms with van der Waals surface area (Å²) in [5.74, 6) is -0.0678. The third kappa shape index (κ3) is 3.57. The summed E-state index contributed by atoms with van der Waals surface area (Å²) in [5.41, 5.74) is 3.72. The summed E-state index contributed by atoms with van der Waals surface area (Å²) >= 11 is 1.59. The quantitative estimate of drug-likeness (QED) is 0.889. The minimum atomic E-state index is -0.0678. The van der Waals surface area contributed by atoms with E-state index < -0.39 is 0 Å². The average molecular weight is 289 g/mol. The Morgan fingerprint density at radius 2 is 2.15 bits per heavy atom. The molecule has 106 valence electrons. The van der Waals surface area contributed by atoms with Gasteiger partial charge in [0.15, 0.2) is 0 Å². The fourth-order valence-electron chi connectivity index (χ4n) is 1.96. The molecule has 0 atom stereocenters. The molecule has 1 amide bonds. The van der Waals surface area contributed by atoms with Gasteiger partial charge in [-0.25, -0.2) is 4.98 Å².